The van der Waals surface area contributed by atoms with Gasteiger partial charge in [0.2, 0.25) is 0 Å². The number of hydrogen-bond donors (Lipinski definition) is 0. The van der Waals surface area contributed by atoms with Gasteiger partial charge in [-0.1, -0.05) is 23.7 Å². The van der Waals surface area contributed by atoms with Crippen LogP contribution in [0.3, 0.4) is 0 Å². The summed E-state index contributed by atoms with van der Waals surface area (Å²) in [5, 5.41) is 0.633. The largest absolute Gasteiger partial charge is 0.305 e. The number of benzene rings is 1. The Morgan fingerprint density at radius 1 is 1.05 bits per heavy atom. The summed E-state index contributed by atoms with van der Waals surface area (Å²) >= 11 is 5.93. The average Bonchev–Trinajstić information content (AvgIpc) is 2.80. The summed E-state index contributed by atoms with van der Waals surface area (Å²) in [4.78, 5) is 4.77. The van der Waals surface area contributed by atoms with Gasteiger partial charge in [-0.25, -0.2) is 13.4 Å². The van der Waals surface area contributed by atoms with E-state index in [-0.39, 0.29) is 0 Å². The molecule has 2 heterocycles. The number of sulfone groups is 1. The molecule has 0 fully saturated rings. The van der Waals surface area contributed by atoms with Crippen molar-refractivity contribution in [3.8, 4) is 11.3 Å². The molecule has 0 radical (unpaired) electrons. The van der Waals surface area contributed by atoms with Crippen LogP contribution in [0.2, 0.25) is 5.02 Å². The van der Waals surface area contributed by atoms with E-state index in [0.29, 0.717) is 9.92 Å². The highest BCUT2D eigenvalue weighted by atomic mass is 35.5. The highest BCUT2D eigenvalue weighted by Crippen LogP contribution is 2.22. The second kappa shape index (κ2) is 4.61. The zero-order valence-corrected chi connectivity index (χ0v) is 12.2. The van der Waals surface area contributed by atoms with E-state index in [4.69, 9.17) is 11.6 Å². The Balaban J connectivity index is 2.07. The molecule has 3 rings (SSSR count). The van der Waals surface area contributed by atoms with Crippen molar-refractivity contribution in [3.05, 3.63) is 53.8 Å². The van der Waals surface area contributed by atoms with Crippen LogP contribution in [0.25, 0.3) is 16.9 Å². The Kier molecular flexibility index (Phi) is 3.03. The van der Waals surface area contributed by atoms with Crippen molar-refractivity contribution >= 4 is 27.1 Å². The Bertz CT molecular complexity index is 883. The molecule has 0 aliphatic heterocycles. The Labute approximate surface area is 121 Å². The topological polar surface area (TPSA) is 51.4 Å². The molecule has 0 saturated heterocycles. The van der Waals surface area contributed by atoms with Gasteiger partial charge in [0.25, 0.3) is 0 Å². The van der Waals surface area contributed by atoms with Gasteiger partial charge in [0.15, 0.2) is 9.84 Å². The lowest BCUT2D eigenvalue weighted by molar-refractivity contribution is 0.602. The van der Waals surface area contributed by atoms with Gasteiger partial charge in [0.05, 0.1) is 15.6 Å². The molecule has 0 spiro atoms. The molecule has 3 aromatic rings. The van der Waals surface area contributed by atoms with Gasteiger partial charge in [0, 0.05) is 24.2 Å². The molecule has 0 saturated carbocycles. The molecular weight excluding hydrogens is 296 g/mol. The second-order valence-corrected chi connectivity index (χ2v) is 6.99. The van der Waals surface area contributed by atoms with Crippen LogP contribution in [-0.2, 0) is 9.84 Å². The molecule has 6 heteroatoms. The summed E-state index contributed by atoms with van der Waals surface area (Å²) in [7, 11) is -3.18. The number of halogens is 1. The standard InChI is InChI=1S/C14H11ClN2O2S/c1-20(18,19)12-5-2-10(3-6-12)13-9-17-8-11(15)4-7-14(17)16-13/h2-9H,1H3. The van der Waals surface area contributed by atoms with E-state index in [1.807, 2.05) is 16.7 Å². The lowest BCUT2D eigenvalue weighted by Crippen LogP contribution is -1.96. The molecule has 2 aromatic heterocycles. The minimum atomic E-state index is -3.18. The van der Waals surface area contributed by atoms with Crippen molar-refractivity contribution in [2.75, 3.05) is 6.26 Å². The van der Waals surface area contributed by atoms with Crippen LogP contribution in [0.4, 0.5) is 0 Å². The van der Waals surface area contributed by atoms with Gasteiger partial charge in [-0.3, -0.25) is 0 Å². The number of aromatic nitrogens is 2. The first-order valence-corrected chi connectivity index (χ1v) is 8.15. The normalized spacial score (nSPS) is 11.9. The van der Waals surface area contributed by atoms with Crippen molar-refractivity contribution in [2.45, 2.75) is 4.90 Å². The summed E-state index contributed by atoms with van der Waals surface area (Å²) in [6.45, 7) is 0. The predicted octanol–water partition coefficient (Wildman–Crippen LogP) is 3.06. The highest BCUT2D eigenvalue weighted by molar-refractivity contribution is 7.90. The van der Waals surface area contributed by atoms with Gasteiger partial charge in [0.1, 0.15) is 5.65 Å². The number of pyridine rings is 1. The van der Waals surface area contributed by atoms with Crippen LogP contribution < -0.4 is 0 Å². The van der Waals surface area contributed by atoms with E-state index in [0.717, 1.165) is 16.9 Å². The zero-order valence-electron chi connectivity index (χ0n) is 10.6. The van der Waals surface area contributed by atoms with E-state index in [1.54, 1.807) is 36.5 Å². The Morgan fingerprint density at radius 3 is 2.40 bits per heavy atom. The van der Waals surface area contributed by atoms with Gasteiger partial charge < -0.3 is 4.40 Å². The van der Waals surface area contributed by atoms with E-state index >= 15 is 0 Å². The summed E-state index contributed by atoms with van der Waals surface area (Å²) in [6, 6.07) is 10.3. The van der Waals surface area contributed by atoms with Crippen molar-refractivity contribution < 1.29 is 8.42 Å². The molecule has 0 N–H and O–H groups in total. The van der Waals surface area contributed by atoms with E-state index in [2.05, 4.69) is 4.98 Å². The number of fused-ring (bicyclic) bond motifs is 1. The molecule has 0 bridgehead atoms. The van der Waals surface area contributed by atoms with Crippen LogP contribution in [0, 0.1) is 0 Å². The van der Waals surface area contributed by atoms with Crippen LogP contribution >= 0.6 is 11.6 Å². The van der Waals surface area contributed by atoms with Crippen LogP contribution in [0.15, 0.2) is 53.7 Å². The lowest BCUT2D eigenvalue weighted by atomic mass is 10.2. The number of hydrogen-bond acceptors (Lipinski definition) is 3. The molecule has 4 nitrogen and oxygen atoms in total. The van der Waals surface area contributed by atoms with Crippen molar-refractivity contribution in [1.82, 2.24) is 9.38 Å². The maximum Gasteiger partial charge on any atom is 0.175 e. The maximum absolute atomic E-state index is 11.4. The molecule has 0 aliphatic carbocycles. The van der Waals surface area contributed by atoms with Crippen LogP contribution in [0.1, 0.15) is 0 Å². The lowest BCUT2D eigenvalue weighted by Gasteiger charge is -1.99. The third-order valence-electron chi connectivity index (χ3n) is 2.99. The fourth-order valence-corrected chi connectivity index (χ4v) is 2.78. The monoisotopic (exact) mass is 306 g/mol. The summed E-state index contributed by atoms with van der Waals surface area (Å²) in [5.74, 6) is 0. The summed E-state index contributed by atoms with van der Waals surface area (Å²) in [6.07, 6.45) is 4.82. The first-order chi connectivity index (χ1) is 9.43. The average molecular weight is 307 g/mol. The van der Waals surface area contributed by atoms with Crippen molar-refractivity contribution in [3.63, 3.8) is 0 Å². The highest BCUT2D eigenvalue weighted by Gasteiger charge is 2.09. The first kappa shape index (κ1) is 13.1. The van der Waals surface area contributed by atoms with Crippen LogP contribution in [-0.4, -0.2) is 24.1 Å². The minimum absolute atomic E-state index is 0.299. The summed E-state index contributed by atoms with van der Waals surface area (Å²) in [5.41, 5.74) is 2.42. The second-order valence-electron chi connectivity index (χ2n) is 4.54. The van der Waals surface area contributed by atoms with Gasteiger partial charge in [-0.15, -0.1) is 0 Å². The van der Waals surface area contributed by atoms with Crippen molar-refractivity contribution in [2.24, 2.45) is 0 Å². The van der Waals surface area contributed by atoms with Gasteiger partial charge in [-0.05, 0) is 24.3 Å². The molecule has 0 atom stereocenters. The van der Waals surface area contributed by atoms with E-state index in [1.165, 1.54) is 6.26 Å². The summed E-state index contributed by atoms with van der Waals surface area (Å²) < 4.78 is 24.7. The minimum Gasteiger partial charge on any atom is -0.305 e. The quantitative estimate of drug-likeness (QED) is 0.731. The number of rotatable bonds is 2. The van der Waals surface area contributed by atoms with E-state index in [9.17, 15) is 8.42 Å². The van der Waals surface area contributed by atoms with Crippen LogP contribution in [0.5, 0.6) is 0 Å². The smallest absolute Gasteiger partial charge is 0.175 e. The molecule has 20 heavy (non-hydrogen) atoms. The molecule has 1 aromatic carbocycles. The Morgan fingerprint density at radius 2 is 1.75 bits per heavy atom. The molecule has 0 aliphatic rings. The molecule has 0 amide bonds. The zero-order chi connectivity index (χ0) is 14.3. The molecule has 102 valence electrons. The molecular formula is C14H11ClN2O2S. The Hall–Kier alpha value is -1.85. The SMILES string of the molecule is CS(=O)(=O)c1ccc(-c2cn3cc(Cl)ccc3n2)cc1. The number of imidazole rings is 1. The molecule has 0 unspecified atom stereocenters. The third kappa shape index (κ3) is 2.42. The van der Waals surface area contributed by atoms with Gasteiger partial charge >= 0.3 is 0 Å². The number of nitrogens with zero attached hydrogens (tertiary/aromatic N) is 2. The fourth-order valence-electron chi connectivity index (χ4n) is 1.98. The van der Waals surface area contributed by atoms with Gasteiger partial charge in [-0.2, -0.15) is 0 Å². The predicted molar refractivity (Wildman–Crippen MR) is 78.7 cm³/mol. The fraction of sp³-hybridized carbons (Fsp3) is 0.0714. The third-order valence-corrected chi connectivity index (χ3v) is 4.35. The first-order valence-electron chi connectivity index (χ1n) is 5.88. The maximum atomic E-state index is 11.4. The van der Waals surface area contributed by atoms with Crippen molar-refractivity contribution in [1.29, 1.82) is 0 Å². The van der Waals surface area contributed by atoms with E-state index < -0.39 is 9.84 Å².